The van der Waals surface area contributed by atoms with Crippen molar-refractivity contribution in [3.8, 4) is 0 Å². The van der Waals surface area contributed by atoms with Gasteiger partial charge in [0.25, 0.3) is 5.91 Å². The number of nitrogens with one attached hydrogen (secondary N) is 2. The van der Waals surface area contributed by atoms with Gasteiger partial charge in [-0.2, -0.15) is 0 Å². The highest BCUT2D eigenvalue weighted by Gasteiger charge is 2.39. The van der Waals surface area contributed by atoms with E-state index in [9.17, 15) is 14.4 Å². The van der Waals surface area contributed by atoms with Crippen LogP contribution in [-0.4, -0.2) is 56.8 Å². The highest BCUT2D eigenvalue weighted by atomic mass is 19.1. The van der Waals surface area contributed by atoms with Gasteiger partial charge in [-0.05, 0) is 68.7 Å². The number of carbonyl (C=O) groups is 3. The Morgan fingerprint density at radius 3 is 2.49 bits per heavy atom. The fraction of sp³-hybridized carbons (Fsp3) is 0.438. The molecule has 4 rings (SSSR count). The Balaban J connectivity index is 1.48. The monoisotopic (exact) mass is 562 g/mol. The van der Waals surface area contributed by atoms with Crippen molar-refractivity contribution >= 4 is 34.5 Å². The Bertz CT molecular complexity index is 1440. The van der Waals surface area contributed by atoms with Crippen LogP contribution in [-0.2, 0) is 9.59 Å². The first-order valence-corrected chi connectivity index (χ1v) is 14.3. The van der Waals surface area contributed by atoms with Crippen molar-refractivity contribution in [3.05, 3.63) is 71.7 Å². The average molecular weight is 563 g/mol. The number of piperidine rings is 1. The van der Waals surface area contributed by atoms with Gasteiger partial charge in [0.05, 0.1) is 17.0 Å². The third kappa shape index (κ3) is 6.84. The summed E-state index contributed by atoms with van der Waals surface area (Å²) in [6.45, 7) is 6.60. The molecule has 2 aromatic carbocycles. The summed E-state index contributed by atoms with van der Waals surface area (Å²) in [4.78, 5) is 39.8. The highest BCUT2D eigenvalue weighted by molar-refractivity contribution is 6.04. The number of carboxylic acids is 1. The van der Waals surface area contributed by atoms with Gasteiger partial charge in [-0.1, -0.05) is 44.0 Å². The molecule has 3 N–H and O–H groups in total. The average Bonchev–Trinajstić information content (AvgIpc) is 3.36. The first-order valence-electron chi connectivity index (χ1n) is 14.3. The van der Waals surface area contributed by atoms with Crippen LogP contribution in [0.25, 0.3) is 10.9 Å². The van der Waals surface area contributed by atoms with E-state index in [4.69, 9.17) is 10.5 Å². The minimum absolute atomic E-state index is 0.0574. The minimum atomic E-state index is -0.955. The summed E-state index contributed by atoms with van der Waals surface area (Å²) in [7, 11) is 0. The molecule has 3 aromatic rings. The molecule has 1 aromatic heterocycles. The van der Waals surface area contributed by atoms with Crippen LogP contribution in [0, 0.1) is 23.1 Å². The number of halogens is 1. The molecule has 1 aliphatic rings. The van der Waals surface area contributed by atoms with Crippen molar-refractivity contribution in [3.63, 3.8) is 0 Å². The summed E-state index contributed by atoms with van der Waals surface area (Å²) in [5.74, 6) is -2.62. The molecule has 1 aliphatic heterocycles. The maximum Gasteiger partial charge on any atom is 0.303 e. The number of hydrogen-bond donors (Lipinski definition) is 3. The van der Waals surface area contributed by atoms with E-state index < -0.39 is 29.2 Å². The molecule has 0 spiro atoms. The van der Waals surface area contributed by atoms with Crippen molar-refractivity contribution in [2.75, 3.05) is 13.1 Å². The number of benzene rings is 2. The molecular weight excluding hydrogens is 523 g/mol. The Morgan fingerprint density at radius 2 is 1.83 bits per heavy atom. The Hall–Kier alpha value is -4.01. The van der Waals surface area contributed by atoms with Crippen molar-refractivity contribution in [2.45, 2.75) is 64.8 Å². The number of fused-ring (bicyclic) bond motifs is 1. The number of unbranched alkanes of at least 4 members (excludes halogenated alkanes) is 1. The third-order valence-corrected chi connectivity index (χ3v) is 8.17. The van der Waals surface area contributed by atoms with Crippen LogP contribution in [0.2, 0.25) is 0 Å². The van der Waals surface area contributed by atoms with E-state index in [1.54, 1.807) is 35.6 Å². The molecule has 1 unspecified atom stereocenters. The normalized spacial score (nSPS) is 15.1. The number of rotatable bonds is 10. The number of nitrogens with zero attached hydrogens (tertiary/aromatic N) is 2. The summed E-state index contributed by atoms with van der Waals surface area (Å²) in [5.41, 5.74) is 0.0591. The first kappa shape index (κ1) is 30.0. The smallest absolute Gasteiger partial charge is 0.303 e. The van der Waals surface area contributed by atoms with Gasteiger partial charge < -0.3 is 19.9 Å². The van der Waals surface area contributed by atoms with E-state index in [0.717, 1.165) is 23.7 Å². The fourth-order valence-electron chi connectivity index (χ4n) is 5.74. The molecule has 1 fully saturated rings. The molecule has 2 amide bonds. The second-order valence-corrected chi connectivity index (χ2v) is 11.5. The highest BCUT2D eigenvalue weighted by Crippen LogP contribution is 2.29. The molecule has 0 bridgehead atoms. The van der Waals surface area contributed by atoms with Gasteiger partial charge in [0, 0.05) is 36.8 Å². The predicted molar refractivity (Wildman–Crippen MR) is 157 cm³/mol. The Kier molecular flexibility index (Phi) is 9.25. The molecule has 0 aliphatic carbocycles. The van der Waals surface area contributed by atoms with Gasteiger partial charge in [-0.15, -0.1) is 0 Å². The molecule has 41 heavy (non-hydrogen) atoms. The van der Waals surface area contributed by atoms with Crippen molar-refractivity contribution in [1.82, 2.24) is 14.8 Å². The summed E-state index contributed by atoms with van der Waals surface area (Å²) in [6, 6.07) is 13.6. The number of aliphatic carboxylic acids is 1. The molecule has 8 nitrogen and oxygen atoms in total. The molecule has 0 radical (unpaired) electrons. The predicted octanol–water partition coefficient (Wildman–Crippen LogP) is 5.68. The zero-order valence-corrected chi connectivity index (χ0v) is 24.0. The number of amides is 2. The second-order valence-electron chi connectivity index (χ2n) is 11.5. The quantitative estimate of drug-likeness (QED) is 0.218. The number of likely N-dealkylation sites (tertiary alicyclic amines) is 1. The summed E-state index contributed by atoms with van der Waals surface area (Å²) >= 11 is 0. The molecule has 9 heteroatoms. The molecule has 2 heterocycles. The number of aromatic nitrogens is 1. The van der Waals surface area contributed by atoms with E-state index in [-0.39, 0.29) is 29.6 Å². The molecule has 0 saturated carbocycles. The van der Waals surface area contributed by atoms with Gasteiger partial charge in [-0.25, -0.2) is 4.39 Å². The Labute approximate surface area is 240 Å². The number of para-hydroxylation sites is 1. The standard InChI is InChI=1S/C32H39FN4O4/c1-4-5-9-25(31(41)36-16-13-21(14-17-36)19-28(38)39)32(2,3)35-30(40)24-12-11-23(20-26(24)33)29(34)37-18-15-22-8-6-7-10-27(22)37/h6-8,10-12,15,18,20-21,25,34H,4-5,9,13-14,16-17,19H2,1-3H3,(H,35,40)(H,38,39). The number of carboxylic acid groups (broad SMARTS) is 1. The number of carbonyl (C=O) groups excluding carboxylic acids is 2. The van der Waals surface area contributed by atoms with Crippen LogP contribution < -0.4 is 5.32 Å². The SMILES string of the molecule is CCCCC(C(=O)N1CCC(CC(=O)O)CC1)C(C)(C)NC(=O)c1ccc(C(=N)n2ccc3ccccc32)cc1F. The van der Waals surface area contributed by atoms with Crippen LogP contribution in [0.3, 0.4) is 0 Å². The summed E-state index contributed by atoms with van der Waals surface area (Å²) < 4.78 is 17.0. The van der Waals surface area contributed by atoms with Crippen LogP contribution >= 0.6 is 0 Å². The molecule has 1 saturated heterocycles. The lowest BCUT2D eigenvalue weighted by molar-refractivity contribution is -0.140. The lowest BCUT2D eigenvalue weighted by atomic mass is 9.81. The van der Waals surface area contributed by atoms with Crippen LogP contribution in [0.5, 0.6) is 0 Å². The fourth-order valence-corrected chi connectivity index (χ4v) is 5.74. The lowest BCUT2D eigenvalue weighted by Crippen LogP contribution is -2.55. The van der Waals surface area contributed by atoms with Crippen LogP contribution in [0.1, 0.15) is 75.2 Å². The summed E-state index contributed by atoms with van der Waals surface area (Å²) in [5, 5.41) is 21.6. The van der Waals surface area contributed by atoms with Crippen LogP contribution in [0.15, 0.2) is 54.7 Å². The van der Waals surface area contributed by atoms with E-state index in [2.05, 4.69) is 5.32 Å². The Morgan fingerprint density at radius 1 is 1.12 bits per heavy atom. The van der Waals surface area contributed by atoms with E-state index in [0.29, 0.717) is 37.9 Å². The van der Waals surface area contributed by atoms with E-state index in [1.165, 1.54) is 12.1 Å². The molecule has 218 valence electrons. The van der Waals surface area contributed by atoms with Gasteiger partial charge in [0.1, 0.15) is 11.7 Å². The third-order valence-electron chi connectivity index (χ3n) is 8.17. The van der Waals surface area contributed by atoms with Crippen molar-refractivity contribution < 1.29 is 23.9 Å². The number of hydrogen-bond acceptors (Lipinski definition) is 4. The van der Waals surface area contributed by atoms with E-state index >= 15 is 4.39 Å². The maximum absolute atomic E-state index is 15.3. The largest absolute Gasteiger partial charge is 0.481 e. The zero-order valence-electron chi connectivity index (χ0n) is 24.0. The second kappa shape index (κ2) is 12.7. The first-order chi connectivity index (χ1) is 19.5. The topological polar surface area (TPSA) is 115 Å². The van der Waals surface area contributed by atoms with Gasteiger partial charge in [0.15, 0.2) is 0 Å². The van der Waals surface area contributed by atoms with Crippen molar-refractivity contribution in [2.24, 2.45) is 11.8 Å². The van der Waals surface area contributed by atoms with Gasteiger partial charge in [0.2, 0.25) is 5.91 Å². The van der Waals surface area contributed by atoms with E-state index in [1.807, 2.05) is 37.3 Å². The zero-order chi connectivity index (χ0) is 29.7. The lowest BCUT2D eigenvalue weighted by Gasteiger charge is -2.40. The van der Waals surface area contributed by atoms with Crippen LogP contribution in [0.4, 0.5) is 4.39 Å². The summed E-state index contributed by atoms with van der Waals surface area (Å²) in [6.07, 6.45) is 5.39. The van der Waals surface area contributed by atoms with Crippen molar-refractivity contribution in [1.29, 1.82) is 5.41 Å². The van der Waals surface area contributed by atoms with Gasteiger partial charge in [-0.3, -0.25) is 19.8 Å². The van der Waals surface area contributed by atoms with Gasteiger partial charge >= 0.3 is 5.97 Å². The maximum atomic E-state index is 15.3. The molecular formula is C32H39FN4O4. The molecule has 1 atom stereocenters. The minimum Gasteiger partial charge on any atom is -0.481 e.